The summed E-state index contributed by atoms with van der Waals surface area (Å²) >= 11 is 5.70. The monoisotopic (exact) mass is 305 g/mol. The number of hydrogen-bond acceptors (Lipinski definition) is 4. The highest BCUT2D eigenvalue weighted by molar-refractivity contribution is 7.89. The summed E-state index contributed by atoms with van der Waals surface area (Å²) in [5, 5.41) is 8.92. The van der Waals surface area contributed by atoms with Gasteiger partial charge in [0.05, 0.1) is 22.1 Å². The second kappa shape index (κ2) is 5.46. The molecule has 1 fully saturated rings. The van der Waals surface area contributed by atoms with Gasteiger partial charge in [0.15, 0.2) is 0 Å². The van der Waals surface area contributed by atoms with Crippen LogP contribution in [0.5, 0.6) is 0 Å². The van der Waals surface area contributed by atoms with Gasteiger partial charge in [0.2, 0.25) is 10.0 Å². The van der Waals surface area contributed by atoms with Crippen molar-refractivity contribution in [1.82, 2.24) is 4.72 Å². The van der Waals surface area contributed by atoms with E-state index < -0.39 is 16.0 Å². The molecule has 1 saturated heterocycles. The van der Waals surface area contributed by atoms with Gasteiger partial charge in [-0.1, -0.05) is 11.6 Å². The Morgan fingerprint density at radius 1 is 1.47 bits per heavy atom. The Labute approximate surface area is 115 Å². The van der Waals surface area contributed by atoms with E-state index in [-0.39, 0.29) is 21.5 Å². The minimum Gasteiger partial charge on any atom is -0.478 e. The summed E-state index contributed by atoms with van der Waals surface area (Å²) in [6, 6.07) is 3.29. The van der Waals surface area contributed by atoms with Crippen LogP contribution >= 0.6 is 11.6 Å². The summed E-state index contributed by atoms with van der Waals surface area (Å²) in [6.45, 7) is 0.826. The average Bonchev–Trinajstić information content (AvgIpc) is 2.80. The molecule has 1 aliphatic heterocycles. The molecule has 0 amide bonds. The zero-order valence-electron chi connectivity index (χ0n) is 9.80. The van der Waals surface area contributed by atoms with Gasteiger partial charge in [-0.2, -0.15) is 0 Å². The molecule has 2 rings (SSSR count). The number of ether oxygens (including phenoxy) is 1. The number of hydrogen-bond donors (Lipinski definition) is 2. The first kappa shape index (κ1) is 14.3. The molecule has 2 N–H and O–H groups in total. The number of sulfonamides is 1. The predicted molar refractivity (Wildman–Crippen MR) is 68.0 cm³/mol. The highest BCUT2D eigenvalue weighted by Crippen LogP contribution is 2.21. The highest BCUT2D eigenvalue weighted by atomic mass is 35.5. The molecule has 1 atom stereocenters. The van der Waals surface area contributed by atoms with Gasteiger partial charge < -0.3 is 9.84 Å². The van der Waals surface area contributed by atoms with Crippen LogP contribution in [0, 0.1) is 0 Å². The van der Waals surface area contributed by atoms with Crippen molar-refractivity contribution in [3.05, 3.63) is 28.8 Å². The van der Waals surface area contributed by atoms with E-state index in [0.29, 0.717) is 19.6 Å². The zero-order chi connectivity index (χ0) is 14.0. The molecule has 1 heterocycles. The van der Waals surface area contributed by atoms with Crippen LogP contribution in [0.25, 0.3) is 0 Å². The maximum Gasteiger partial charge on any atom is 0.337 e. The Hall–Kier alpha value is -1.15. The molecule has 0 bridgehead atoms. The lowest BCUT2D eigenvalue weighted by Crippen LogP contribution is -2.35. The van der Waals surface area contributed by atoms with E-state index in [1.807, 2.05) is 0 Å². The van der Waals surface area contributed by atoms with Crippen LogP contribution in [0.4, 0.5) is 0 Å². The smallest absolute Gasteiger partial charge is 0.337 e. The van der Waals surface area contributed by atoms with E-state index in [4.69, 9.17) is 21.4 Å². The molecule has 6 nitrogen and oxygen atoms in total. The molecule has 1 aromatic carbocycles. The number of carbonyl (C=O) groups is 1. The number of benzene rings is 1. The van der Waals surface area contributed by atoms with Crippen LogP contribution in [-0.4, -0.2) is 38.7 Å². The number of carboxylic acids is 1. The van der Waals surface area contributed by atoms with Crippen molar-refractivity contribution < 1.29 is 23.1 Å². The Morgan fingerprint density at radius 2 is 2.21 bits per heavy atom. The maximum atomic E-state index is 12.1. The van der Waals surface area contributed by atoms with Crippen LogP contribution in [-0.2, 0) is 14.8 Å². The van der Waals surface area contributed by atoms with Gasteiger partial charge in [0, 0.05) is 12.6 Å². The molecule has 104 valence electrons. The third-order valence-corrected chi connectivity index (χ3v) is 4.58. The van der Waals surface area contributed by atoms with Crippen molar-refractivity contribution in [1.29, 1.82) is 0 Å². The first-order valence-electron chi connectivity index (χ1n) is 5.53. The minimum absolute atomic E-state index is 0.00403. The van der Waals surface area contributed by atoms with Crippen LogP contribution in [0.2, 0.25) is 5.02 Å². The highest BCUT2D eigenvalue weighted by Gasteiger charge is 2.24. The van der Waals surface area contributed by atoms with Gasteiger partial charge in [-0.25, -0.2) is 17.9 Å². The second-order valence-electron chi connectivity index (χ2n) is 4.13. The van der Waals surface area contributed by atoms with Crippen molar-refractivity contribution in [2.24, 2.45) is 0 Å². The molecule has 19 heavy (non-hydrogen) atoms. The molecule has 0 radical (unpaired) electrons. The van der Waals surface area contributed by atoms with Gasteiger partial charge in [-0.05, 0) is 24.6 Å². The second-order valence-corrected chi connectivity index (χ2v) is 6.25. The Kier molecular flexibility index (Phi) is 4.10. The summed E-state index contributed by atoms with van der Waals surface area (Å²) in [5.74, 6) is -1.27. The van der Waals surface area contributed by atoms with Crippen molar-refractivity contribution in [2.45, 2.75) is 17.4 Å². The molecule has 8 heteroatoms. The molecule has 0 spiro atoms. The van der Waals surface area contributed by atoms with E-state index in [9.17, 15) is 13.2 Å². The number of nitrogens with one attached hydrogen (secondary N) is 1. The fourth-order valence-electron chi connectivity index (χ4n) is 1.75. The summed E-state index contributed by atoms with van der Waals surface area (Å²) < 4.78 is 31.7. The van der Waals surface area contributed by atoms with Crippen LogP contribution in [0.15, 0.2) is 23.1 Å². The van der Waals surface area contributed by atoms with Crippen molar-refractivity contribution >= 4 is 27.6 Å². The SMILES string of the molecule is O=C(O)c1cc(S(=O)(=O)NC2CCOC2)ccc1Cl. The van der Waals surface area contributed by atoms with E-state index in [1.165, 1.54) is 12.1 Å². The van der Waals surface area contributed by atoms with E-state index in [1.54, 1.807) is 0 Å². The van der Waals surface area contributed by atoms with Gasteiger partial charge in [0.25, 0.3) is 0 Å². The Bertz CT molecular complexity index is 595. The van der Waals surface area contributed by atoms with Crippen molar-refractivity contribution in [3.63, 3.8) is 0 Å². The fraction of sp³-hybridized carbons (Fsp3) is 0.364. The maximum absolute atomic E-state index is 12.1. The van der Waals surface area contributed by atoms with Crippen LogP contribution < -0.4 is 4.72 Å². The quantitative estimate of drug-likeness (QED) is 0.869. The molecule has 1 unspecified atom stereocenters. The van der Waals surface area contributed by atoms with E-state index in [2.05, 4.69) is 4.72 Å². The van der Waals surface area contributed by atoms with Crippen molar-refractivity contribution in [3.8, 4) is 0 Å². The number of halogens is 1. The molecule has 1 aliphatic rings. The number of rotatable bonds is 4. The standard InChI is InChI=1S/C11H12ClNO5S/c12-10-2-1-8(5-9(10)11(14)15)19(16,17)13-7-3-4-18-6-7/h1-2,5,7,13H,3-4,6H2,(H,14,15). The molecule has 0 saturated carbocycles. The number of carboxylic acid groups (broad SMARTS) is 1. The normalized spacial score (nSPS) is 19.5. The summed E-state index contributed by atoms with van der Waals surface area (Å²) in [6.07, 6.45) is 0.596. The van der Waals surface area contributed by atoms with Gasteiger partial charge in [-0.3, -0.25) is 0 Å². The predicted octanol–water partition coefficient (Wildman–Crippen LogP) is 1.11. The van der Waals surface area contributed by atoms with Crippen LogP contribution in [0.1, 0.15) is 16.8 Å². The molecule has 0 aliphatic carbocycles. The van der Waals surface area contributed by atoms with Gasteiger partial charge in [0.1, 0.15) is 0 Å². The summed E-state index contributed by atoms with van der Waals surface area (Å²) in [7, 11) is -3.77. The minimum atomic E-state index is -3.77. The molecular formula is C11H12ClNO5S. The molecule has 1 aromatic rings. The third-order valence-electron chi connectivity index (χ3n) is 2.73. The Morgan fingerprint density at radius 3 is 2.79 bits per heavy atom. The third kappa shape index (κ3) is 3.24. The Balaban J connectivity index is 2.29. The fourth-order valence-corrected chi connectivity index (χ4v) is 3.23. The van der Waals surface area contributed by atoms with Gasteiger partial charge >= 0.3 is 5.97 Å². The topological polar surface area (TPSA) is 92.7 Å². The lowest BCUT2D eigenvalue weighted by Gasteiger charge is -2.12. The lowest BCUT2D eigenvalue weighted by molar-refractivity contribution is 0.0697. The zero-order valence-corrected chi connectivity index (χ0v) is 11.4. The lowest BCUT2D eigenvalue weighted by atomic mass is 10.2. The summed E-state index contributed by atoms with van der Waals surface area (Å²) in [4.78, 5) is 10.8. The first-order valence-corrected chi connectivity index (χ1v) is 7.39. The van der Waals surface area contributed by atoms with Crippen molar-refractivity contribution in [2.75, 3.05) is 13.2 Å². The first-order chi connectivity index (χ1) is 8.90. The van der Waals surface area contributed by atoms with Crippen LogP contribution in [0.3, 0.4) is 0 Å². The number of aromatic carboxylic acids is 1. The summed E-state index contributed by atoms with van der Waals surface area (Å²) in [5.41, 5.74) is -0.243. The van der Waals surface area contributed by atoms with Gasteiger partial charge in [-0.15, -0.1) is 0 Å². The van der Waals surface area contributed by atoms with E-state index in [0.717, 1.165) is 6.07 Å². The molecule has 0 aromatic heterocycles. The van der Waals surface area contributed by atoms with E-state index >= 15 is 0 Å². The largest absolute Gasteiger partial charge is 0.478 e. The molecular weight excluding hydrogens is 294 g/mol. The average molecular weight is 306 g/mol.